The molecule has 4 heteroatoms. The monoisotopic (exact) mass is 195 g/mol. The summed E-state index contributed by atoms with van der Waals surface area (Å²) >= 11 is 0. The van der Waals surface area contributed by atoms with Gasteiger partial charge in [0, 0.05) is 13.1 Å². The number of aliphatic imine (C=N–C) groups is 1. The molecule has 0 aromatic carbocycles. The molecule has 0 aromatic heterocycles. The fourth-order valence-electron chi connectivity index (χ4n) is 1.42. The maximum Gasteiger partial charge on any atom is 0.125 e. The third kappa shape index (κ3) is 2.44. The lowest BCUT2D eigenvalue weighted by atomic mass is 10.0. The number of morpholine rings is 1. The number of nitrogens with one attached hydrogen (secondary N) is 1. The largest absolute Gasteiger partial charge is 0.378 e. The van der Waals surface area contributed by atoms with Crippen LogP contribution in [0.4, 0.5) is 0 Å². The summed E-state index contributed by atoms with van der Waals surface area (Å²) in [6, 6.07) is 0. The van der Waals surface area contributed by atoms with E-state index in [0.717, 1.165) is 13.1 Å². The summed E-state index contributed by atoms with van der Waals surface area (Å²) in [5.74, 6) is 3.02. The van der Waals surface area contributed by atoms with E-state index in [2.05, 4.69) is 17.4 Å². The first kappa shape index (κ1) is 11.0. The lowest BCUT2D eigenvalue weighted by molar-refractivity contribution is 0.0654. The second kappa shape index (κ2) is 4.40. The summed E-state index contributed by atoms with van der Waals surface area (Å²) < 4.78 is 5.23. The minimum atomic E-state index is -0.529. The fraction of sp³-hybridized carbons (Fsp3) is 0.700. The van der Waals surface area contributed by atoms with Gasteiger partial charge in [0.1, 0.15) is 11.4 Å². The highest BCUT2D eigenvalue weighted by atomic mass is 16.5. The maximum absolute atomic E-state index is 8.00. The Hall–Kier alpha value is -1.12. The van der Waals surface area contributed by atoms with Crippen LogP contribution in [0.3, 0.4) is 0 Å². The van der Waals surface area contributed by atoms with E-state index in [1.54, 1.807) is 0 Å². The van der Waals surface area contributed by atoms with Crippen LogP contribution in [0.25, 0.3) is 0 Å². The van der Waals surface area contributed by atoms with Crippen molar-refractivity contribution in [3.05, 3.63) is 6.58 Å². The fourth-order valence-corrected chi connectivity index (χ4v) is 1.42. The highest BCUT2D eigenvalue weighted by Crippen LogP contribution is 2.14. The van der Waals surface area contributed by atoms with Gasteiger partial charge < -0.3 is 9.64 Å². The predicted octanol–water partition coefficient (Wildman–Crippen LogP) is 0.930. The number of ether oxygens (including phenoxy) is 1. The zero-order valence-corrected chi connectivity index (χ0v) is 8.84. The van der Waals surface area contributed by atoms with Crippen LogP contribution in [0.5, 0.6) is 0 Å². The second-order valence-corrected chi connectivity index (χ2v) is 3.78. The molecule has 1 aliphatic heterocycles. The summed E-state index contributed by atoms with van der Waals surface area (Å²) in [5, 5.41) is 8.00. The maximum atomic E-state index is 8.00. The molecule has 0 spiro atoms. The van der Waals surface area contributed by atoms with Crippen molar-refractivity contribution in [2.24, 2.45) is 4.99 Å². The smallest absolute Gasteiger partial charge is 0.125 e. The lowest BCUT2D eigenvalue weighted by Gasteiger charge is -2.34. The number of hydrogen-bond donors (Lipinski definition) is 1. The third-order valence-electron chi connectivity index (χ3n) is 2.27. The minimum absolute atomic E-state index is 0.511. The van der Waals surface area contributed by atoms with Crippen molar-refractivity contribution in [3.63, 3.8) is 0 Å². The molecule has 1 heterocycles. The van der Waals surface area contributed by atoms with Gasteiger partial charge in [-0.1, -0.05) is 0 Å². The molecule has 0 atom stereocenters. The molecule has 1 N–H and O–H groups in total. The van der Waals surface area contributed by atoms with E-state index in [4.69, 9.17) is 10.1 Å². The molecule has 78 valence electrons. The van der Waals surface area contributed by atoms with Crippen molar-refractivity contribution in [2.45, 2.75) is 19.4 Å². The Labute approximate surface area is 84.8 Å². The topological polar surface area (TPSA) is 48.7 Å². The molecule has 14 heavy (non-hydrogen) atoms. The number of rotatable bonds is 2. The van der Waals surface area contributed by atoms with Gasteiger partial charge >= 0.3 is 0 Å². The van der Waals surface area contributed by atoms with Gasteiger partial charge in [0.05, 0.1) is 13.2 Å². The molecule has 1 aliphatic rings. The van der Waals surface area contributed by atoms with Gasteiger partial charge in [-0.15, -0.1) is 0 Å². The summed E-state index contributed by atoms with van der Waals surface area (Å²) in [5.41, 5.74) is -0.529. The Morgan fingerprint density at radius 3 is 2.57 bits per heavy atom. The molecule has 0 amide bonds. The van der Waals surface area contributed by atoms with E-state index in [-0.39, 0.29) is 0 Å². The normalized spacial score (nSPS) is 17.4. The highest BCUT2D eigenvalue weighted by molar-refractivity contribution is 5.89. The van der Waals surface area contributed by atoms with Crippen molar-refractivity contribution in [1.29, 1.82) is 5.41 Å². The Morgan fingerprint density at radius 1 is 1.50 bits per heavy atom. The Bertz CT molecular complexity index is 261. The molecule has 1 saturated heterocycles. The third-order valence-corrected chi connectivity index (χ3v) is 2.27. The van der Waals surface area contributed by atoms with Gasteiger partial charge in [0.2, 0.25) is 0 Å². The van der Waals surface area contributed by atoms with Crippen molar-refractivity contribution in [2.75, 3.05) is 26.3 Å². The Morgan fingerprint density at radius 2 is 2.07 bits per heavy atom. The standard InChI is InChI=1S/C10H17N3O/c1-4-12-10(2,3)9(11)13-5-7-14-8-6-13/h11H,1,5-8H2,2-3H3. The second-order valence-electron chi connectivity index (χ2n) is 3.78. The van der Waals surface area contributed by atoms with Gasteiger partial charge in [0.15, 0.2) is 0 Å². The first-order valence-electron chi connectivity index (χ1n) is 4.73. The zero-order chi connectivity index (χ0) is 10.6. The molecule has 0 aromatic rings. The van der Waals surface area contributed by atoms with Crippen molar-refractivity contribution in [1.82, 2.24) is 4.90 Å². The predicted molar refractivity (Wildman–Crippen MR) is 57.3 cm³/mol. The number of amidine groups is 1. The molecule has 1 rings (SSSR count). The van der Waals surface area contributed by atoms with Crippen molar-refractivity contribution >= 4 is 11.7 Å². The van der Waals surface area contributed by atoms with Gasteiger partial charge in [-0.3, -0.25) is 5.41 Å². The average molecular weight is 195 g/mol. The molecule has 1 fully saturated rings. The highest BCUT2D eigenvalue weighted by Gasteiger charge is 2.28. The van der Waals surface area contributed by atoms with Crippen LogP contribution < -0.4 is 0 Å². The minimum Gasteiger partial charge on any atom is -0.378 e. The van der Waals surface area contributed by atoms with E-state index >= 15 is 0 Å². The SMILES string of the molecule is C=C=NC(C)(C)C(=N)N1CCOCC1. The van der Waals surface area contributed by atoms with Crippen LogP contribution in [-0.4, -0.2) is 48.4 Å². The first-order valence-corrected chi connectivity index (χ1v) is 4.73. The van der Waals surface area contributed by atoms with E-state index in [9.17, 15) is 0 Å². The molecule has 0 aliphatic carbocycles. The Kier molecular flexibility index (Phi) is 3.44. The van der Waals surface area contributed by atoms with E-state index < -0.39 is 5.54 Å². The van der Waals surface area contributed by atoms with Crippen LogP contribution in [0, 0.1) is 5.41 Å². The van der Waals surface area contributed by atoms with Gasteiger partial charge in [-0.2, -0.15) is 0 Å². The van der Waals surface area contributed by atoms with E-state index in [0.29, 0.717) is 19.0 Å². The van der Waals surface area contributed by atoms with Crippen LogP contribution in [0.2, 0.25) is 0 Å². The average Bonchev–Trinajstić information content (AvgIpc) is 2.18. The van der Waals surface area contributed by atoms with Crippen molar-refractivity contribution < 1.29 is 4.74 Å². The van der Waals surface area contributed by atoms with Crippen molar-refractivity contribution in [3.8, 4) is 0 Å². The molecular weight excluding hydrogens is 178 g/mol. The number of hydrogen-bond acceptors (Lipinski definition) is 3. The lowest BCUT2D eigenvalue weighted by Crippen LogP contribution is -2.48. The molecule has 0 radical (unpaired) electrons. The van der Waals surface area contributed by atoms with Crippen LogP contribution in [0.1, 0.15) is 13.8 Å². The summed E-state index contributed by atoms with van der Waals surface area (Å²) in [6.07, 6.45) is 0. The van der Waals surface area contributed by atoms with E-state index in [1.807, 2.05) is 18.7 Å². The van der Waals surface area contributed by atoms with Gasteiger partial charge in [-0.05, 0) is 26.3 Å². The first-order chi connectivity index (χ1) is 6.58. The summed E-state index contributed by atoms with van der Waals surface area (Å²) in [4.78, 5) is 6.05. The molecule has 0 unspecified atom stereocenters. The molecule has 0 saturated carbocycles. The molecule has 0 bridgehead atoms. The zero-order valence-electron chi connectivity index (χ0n) is 8.84. The number of nitrogens with zero attached hydrogens (tertiary/aromatic N) is 2. The van der Waals surface area contributed by atoms with Crippen LogP contribution in [0.15, 0.2) is 11.6 Å². The quantitative estimate of drug-likeness (QED) is 0.526. The summed E-state index contributed by atoms with van der Waals surface area (Å²) in [6.45, 7) is 10.2. The molecule has 4 nitrogen and oxygen atoms in total. The summed E-state index contributed by atoms with van der Waals surface area (Å²) in [7, 11) is 0. The van der Waals surface area contributed by atoms with E-state index in [1.165, 1.54) is 0 Å². The van der Waals surface area contributed by atoms with Crippen LogP contribution in [-0.2, 0) is 4.74 Å². The van der Waals surface area contributed by atoms with Crippen LogP contribution >= 0.6 is 0 Å². The van der Waals surface area contributed by atoms with Gasteiger partial charge in [0.25, 0.3) is 0 Å². The Balaban J connectivity index is 2.67. The molecular formula is C10H17N3O. The van der Waals surface area contributed by atoms with Gasteiger partial charge in [-0.25, -0.2) is 4.99 Å².